The number of carbonyl (C=O) groups excluding carboxylic acids is 1. The molecule has 134 valence electrons. The normalized spacial score (nSPS) is 31.2. The van der Waals surface area contributed by atoms with Crippen LogP contribution in [0.25, 0.3) is 0 Å². The molecule has 2 fully saturated rings. The van der Waals surface area contributed by atoms with Crippen LogP contribution < -0.4 is 11.1 Å². The molecular weight excluding hydrogens is 290 g/mol. The highest BCUT2D eigenvalue weighted by atomic mass is 16.5. The van der Waals surface area contributed by atoms with Crippen molar-refractivity contribution < 1.29 is 9.53 Å². The molecule has 1 aliphatic carbocycles. The summed E-state index contributed by atoms with van der Waals surface area (Å²) in [5.41, 5.74) is 5.28. The van der Waals surface area contributed by atoms with Crippen molar-refractivity contribution in [1.29, 1.82) is 0 Å². The molecule has 0 radical (unpaired) electrons. The summed E-state index contributed by atoms with van der Waals surface area (Å²) in [5, 5.41) is 3.05. The first-order chi connectivity index (χ1) is 10.9. The monoisotopic (exact) mass is 325 g/mol. The predicted molar refractivity (Wildman–Crippen MR) is 93.3 cm³/mol. The van der Waals surface area contributed by atoms with Crippen molar-refractivity contribution in [2.45, 2.75) is 70.9 Å². The highest BCUT2D eigenvalue weighted by molar-refractivity contribution is 5.88. The molecule has 2 atom stereocenters. The lowest BCUT2D eigenvalue weighted by atomic mass is 9.54. The van der Waals surface area contributed by atoms with E-state index in [4.69, 9.17) is 10.5 Å². The van der Waals surface area contributed by atoms with Crippen molar-refractivity contribution >= 4 is 5.91 Å². The Bertz CT molecular complexity index is 392. The minimum atomic E-state index is -0.796. The molecule has 2 unspecified atom stereocenters. The van der Waals surface area contributed by atoms with E-state index in [1.54, 1.807) is 0 Å². The van der Waals surface area contributed by atoms with E-state index in [-0.39, 0.29) is 17.4 Å². The Labute approximate surface area is 141 Å². The van der Waals surface area contributed by atoms with Gasteiger partial charge in [-0.3, -0.25) is 4.79 Å². The molecule has 0 aromatic heterocycles. The van der Waals surface area contributed by atoms with Crippen LogP contribution in [0.4, 0.5) is 0 Å². The quantitative estimate of drug-likeness (QED) is 0.702. The zero-order valence-electron chi connectivity index (χ0n) is 15.2. The number of likely N-dealkylation sites (tertiary alicyclic amines) is 1. The fourth-order valence-corrected chi connectivity index (χ4v) is 3.84. The second kappa shape index (κ2) is 7.95. The largest absolute Gasteiger partial charge is 0.378 e. The maximum Gasteiger partial charge on any atom is 0.240 e. The number of ether oxygens (including phenoxy) is 1. The first-order valence-electron chi connectivity index (χ1n) is 9.33. The second-order valence-corrected chi connectivity index (χ2v) is 7.71. The van der Waals surface area contributed by atoms with E-state index < -0.39 is 5.54 Å². The van der Waals surface area contributed by atoms with Gasteiger partial charge in [-0.25, -0.2) is 0 Å². The fourth-order valence-electron chi connectivity index (χ4n) is 3.84. The lowest BCUT2D eigenvalue weighted by molar-refractivity contribution is -0.170. The Hall–Kier alpha value is -0.650. The van der Waals surface area contributed by atoms with Crippen LogP contribution in [-0.4, -0.2) is 55.2 Å². The molecule has 5 heteroatoms. The molecule has 1 saturated heterocycles. The standard InChI is InChI=1S/C18H35N3O2/c1-4-23-15-14-18(19,17(15,2)3)16(22)20-10-9-13-21-11-7-5-6-8-12-21/h15H,4-14,19H2,1-3H3,(H,20,22). The molecule has 1 heterocycles. The maximum absolute atomic E-state index is 12.5. The SMILES string of the molecule is CCOC1CC(N)(C(=O)NCCCN2CCCCCC2)C1(C)C. The summed E-state index contributed by atoms with van der Waals surface area (Å²) in [6.07, 6.45) is 7.04. The molecule has 0 aromatic carbocycles. The molecule has 5 nitrogen and oxygen atoms in total. The molecule has 0 spiro atoms. The summed E-state index contributed by atoms with van der Waals surface area (Å²) in [6, 6.07) is 0. The molecule has 1 saturated carbocycles. The lowest BCUT2D eigenvalue weighted by Gasteiger charge is -2.57. The van der Waals surface area contributed by atoms with Crippen molar-refractivity contribution in [1.82, 2.24) is 10.2 Å². The summed E-state index contributed by atoms with van der Waals surface area (Å²) >= 11 is 0. The zero-order valence-corrected chi connectivity index (χ0v) is 15.2. The van der Waals surface area contributed by atoms with E-state index in [9.17, 15) is 4.79 Å². The Morgan fingerprint density at radius 3 is 2.48 bits per heavy atom. The minimum absolute atomic E-state index is 0.0191. The highest BCUT2D eigenvalue weighted by Gasteiger charge is 2.62. The van der Waals surface area contributed by atoms with Crippen LogP contribution in [0.2, 0.25) is 0 Å². The topological polar surface area (TPSA) is 67.6 Å². The Balaban J connectivity index is 1.70. The summed E-state index contributed by atoms with van der Waals surface area (Å²) in [7, 11) is 0. The first-order valence-corrected chi connectivity index (χ1v) is 9.33. The van der Waals surface area contributed by atoms with Crippen LogP contribution in [0, 0.1) is 5.41 Å². The number of nitrogens with one attached hydrogen (secondary N) is 1. The molecule has 0 aromatic rings. The molecule has 0 bridgehead atoms. The van der Waals surface area contributed by atoms with E-state index >= 15 is 0 Å². The Kier molecular flexibility index (Phi) is 6.46. The van der Waals surface area contributed by atoms with Crippen LogP contribution in [0.3, 0.4) is 0 Å². The fraction of sp³-hybridized carbons (Fsp3) is 0.944. The van der Waals surface area contributed by atoms with E-state index in [1.807, 2.05) is 20.8 Å². The van der Waals surface area contributed by atoms with Crippen LogP contribution in [0.1, 0.15) is 59.3 Å². The predicted octanol–water partition coefficient (Wildman–Crippen LogP) is 1.90. The van der Waals surface area contributed by atoms with Crippen molar-refractivity contribution in [2.75, 3.05) is 32.8 Å². The highest BCUT2D eigenvalue weighted by Crippen LogP contribution is 2.49. The third kappa shape index (κ3) is 4.06. The van der Waals surface area contributed by atoms with E-state index in [0.717, 1.165) is 13.0 Å². The van der Waals surface area contributed by atoms with Gasteiger partial charge in [0.25, 0.3) is 0 Å². The summed E-state index contributed by atoms with van der Waals surface area (Å²) in [4.78, 5) is 15.0. The summed E-state index contributed by atoms with van der Waals surface area (Å²) < 4.78 is 5.69. The van der Waals surface area contributed by atoms with E-state index in [1.165, 1.54) is 38.8 Å². The average Bonchev–Trinajstić information content (AvgIpc) is 2.79. The summed E-state index contributed by atoms with van der Waals surface area (Å²) in [5.74, 6) is -0.0191. The van der Waals surface area contributed by atoms with Crippen molar-refractivity contribution in [3.63, 3.8) is 0 Å². The third-order valence-electron chi connectivity index (χ3n) is 5.87. The Morgan fingerprint density at radius 1 is 1.26 bits per heavy atom. The first kappa shape index (κ1) is 18.7. The van der Waals surface area contributed by atoms with Gasteiger partial charge in [0.2, 0.25) is 5.91 Å². The number of nitrogens with two attached hydrogens (primary N) is 1. The van der Waals surface area contributed by atoms with Crippen molar-refractivity contribution in [2.24, 2.45) is 11.1 Å². The van der Waals surface area contributed by atoms with Gasteiger partial charge in [-0.05, 0) is 45.8 Å². The number of hydrogen-bond donors (Lipinski definition) is 2. The third-order valence-corrected chi connectivity index (χ3v) is 5.87. The number of hydrogen-bond acceptors (Lipinski definition) is 4. The van der Waals surface area contributed by atoms with Gasteiger partial charge in [-0.2, -0.15) is 0 Å². The van der Waals surface area contributed by atoms with Gasteiger partial charge in [0.05, 0.1) is 6.10 Å². The number of nitrogens with zero attached hydrogens (tertiary/aromatic N) is 1. The molecule has 2 rings (SSSR count). The van der Waals surface area contributed by atoms with Gasteiger partial charge in [-0.15, -0.1) is 0 Å². The lowest BCUT2D eigenvalue weighted by Crippen LogP contribution is -2.75. The number of rotatable bonds is 7. The van der Waals surface area contributed by atoms with Gasteiger partial charge < -0.3 is 20.7 Å². The van der Waals surface area contributed by atoms with Crippen LogP contribution in [-0.2, 0) is 9.53 Å². The molecular formula is C18H35N3O2. The van der Waals surface area contributed by atoms with Crippen molar-refractivity contribution in [3.05, 3.63) is 0 Å². The van der Waals surface area contributed by atoms with E-state index in [0.29, 0.717) is 19.6 Å². The van der Waals surface area contributed by atoms with Gasteiger partial charge in [0, 0.05) is 25.0 Å². The second-order valence-electron chi connectivity index (χ2n) is 7.71. The molecule has 2 aliphatic rings. The van der Waals surface area contributed by atoms with Crippen LogP contribution in [0.15, 0.2) is 0 Å². The minimum Gasteiger partial charge on any atom is -0.378 e. The molecule has 23 heavy (non-hydrogen) atoms. The smallest absolute Gasteiger partial charge is 0.240 e. The van der Waals surface area contributed by atoms with Crippen molar-refractivity contribution in [3.8, 4) is 0 Å². The van der Waals surface area contributed by atoms with Gasteiger partial charge in [0.1, 0.15) is 5.54 Å². The zero-order chi connectivity index (χ0) is 16.9. The van der Waals surface area contributed by atoms with Gasteiger partial charge in [0.15, 0.2) is 0 Å². The molecule has 3 N–H and O–H groups in total. The number of carbonyl (C=O) groups is 1. The van der Waals surface area contributed by atoms with Gasteiger partial charge >= 0.3 is 0 Å². The van der Waals surface area contributed by atoms with Gasteiger partial charge in [-0.1, -0.05) is 26.7 Å². The number of amides is 1. The molecule has 1 amide bonds. The molecule has 1 aliphatic heterocycles. The van der Waals surface area contributed by atoms with E-state index in [2.05, 4.69) is 10.2 Å². The van der Waals surface area contributed by atoms with Crippen LogP contribution >= 0.6 is 0 Å². The average molecular weight is 325 g/mol. The Morgan fingerprint density at radius 2 is 1.91 bits per heavy atom. The maximum atomic E-state index is 12.5. The van der Waals surface area contributed by atoms with Crippen LogP contribution in [0.5, 0.6) is 0 Å². The summed E-state index contributed by atoms with van der Waals surface area (Å²) in [6.45, 7) is 10.9.